The average Bonchev–Trinajstić information content (AvgIpc) is 2.41. The Morgan fingerprint density at radius 3 is 2.80 bits per heavy atom. The van der Waals surface area contributed by atoms with Gasteiger partial charge >= 0.3 is 5.97 Å². The predicted molar refractivity (Wildman–Crippen MR) is 77.3 cm³/mol. The molecule has 1 aromatic carbocycles. The zero-order valence-electron chi connectivity index (χ0n) is 11.2. The highest BCUT2D eigenvalue weighted by atomic mass is 35.5. The van der Waals surface area contributed by atoms with Gasteiger partial charge in [0.15, 0.2) is 0 Å². The molecule has 0 saturated carbocycles. The van der Waals surface area contributed by atoms with Crippen LogP contribution in [0.5, 0.6) is 0 Å². The predicted octanol–water partition coefficient (Wildman–Crippen LogP) is 2.37. The van der Waals surface area contributed by atoms with E-state index in [2.05, 4.69) is 10.6 Å². The lowest BCUT2D eigenvalue weighted by Gasteiger charge is -2.32. The molecule has 1 atom stereocenters. The number of carbonyl (C=O) groups is 2. The van der Waals surface area contributed by atoms with Crippen LogP contribution in [0.2, 0.25) is 5.02 Å². The van der Waals surface area contributed by atoms with Crippen molar-refractivity contribution in [1.29, 1.82) is 0 Å². The first-order valence-corrected chi connectivity index (χ1v) is 6.85. The van der Waals surface area contributed by atoms with Crippen molar-refractivity contribution in [3.8, 4) is 0 Å². The molecule has 0 aliphatic carbocycles. The molecule has 0 aromatic heterocycles. The summed E-state index contributed by atoms with van der Waals surface area (Å²) < 4.78 is 0. The van der Waals surface area contributed by atoms with Crippen molar-refractivity contribution in [2.45, 2.75) is 19.8 Å². The number of nitrogens with one attached hydrogen (secondary N) is 2. The smallest absolute Gasteiger partial charge is 0.337 e. The third-order valence-electron chi connectivity index (χ3n) is 3.60. The standard InChI is InChI=1S/C14H17ClN2O3/c1-14(5-2-6-16-8-14)13(20)17-9-3-4-11(15)10(7-9)12(18)19/h3-4,7,16H,2,5-6,8H2,1H3,(H,17,20)(H,18,19). The number of carboxylic acid groups (broad SMARTS) is 1. The molecule has 0 radical (unpaired) electrons. The third-order valence-corrected chi connectivity index (χ3v) is 3.93. The molecule has 108 valence electrons. The molecule has 1 amide bonds. The van der Waals surface area contributed by atoms with E-state index in [1.165, 1.54) is 12.1 Å². The first-order chi connectivity index (χ1) is 9.42. The molecular weight excluding hydrogens is 280 g/mol. The summed E-state index contributed by atoms with van der Waals surface area (Å²) in [4.78, 5) is 23.3. The van der Waals surface area contributed by atoms with E-state index in [1.54, 1.807) is 6.07 Å². The fraction of sp³-hybridized carbons (Fsp3) is 0.429. The van der Waals surface area contributed by atoms with Gasteiger partial charge in [0.2, 0.25) is 5.91 Å². The molecule has 3 N–H and O–H groups in total. The number of amides is 1. The van der Waals surface area contributed by atoms with E-state index in [4.69, 9.17) is 16.7 Å². The van der Waals surface area contributed by atoms with Gasteiger partial charge < -0.3 is 15.7 Å². The van der Waals surface area contributed by atoms with Crippen LogP contribution in [-0.2, 0) is 4.79 Å². The van der Waals surface area contributed by atoms with E-state index in [0.29, 0.717) is 12.2 Å². The zero-order valence-corrected chi connectivity index (χ0v) is 12.0. The first kappa shape index (κ1) is 14.8. The molecule has 1 unspecified atom stereocenters. The van der Waals surface area contributed by atoms with Crippen molar-refractivity contribution in [2.75, 3.05) is 18.4 Å². The van der Waals surface area contributed by atoms with Crippen LogP contribution in [0.3, 0.4) is 0 Å². The van der Waals surface area contributed by atoms with Crippen LogP contribution in [0.25, 0.3) is 0 Å². The molecule has 1 aromatic rings. The largest absolute Gasteiger partial charge is 0.478 e. The van der Waals surface area contributed by atoms with Crippen LogP contribution in [0.4, 0.5) is 5.69 Å². The number of rotatable bonds is 3. The summed E-state index contributed by atoms with van der Waals surface area (Å²) in [5.41, 5.74) is -0.0404. The monoisotopic (exact) mass is 296 g/mol. The van der Waals surface area contributed by atoms with Crippen molar-refractivity contribution in [3.63, 3.8) is 0 Å². The van der Waals surface area contributed by atoms with E-state index in [9.17, 15) is 9.59 Å². The van der Waals surface area contributed by atoms with Gasteiger partial charge in [-0.3, -0.25) is 4.79 Å². The lowest BCUT2D eigenvalue weighted by atomic mass is 9.82. The van der Waals surface area contributed by atoms with Crippen molar-refractivity contribution in [2.24, 2.45) is 5.41 Å². The van der Waals surface area contributed by atoms with E-state index < -0.39 is 11.4 Å². The fourth-order valence-corrected chi connectivity index (χ4v) is 2.50. The highest BCUT2D eigenvalue weighted by Gasteiger charge is 2.34. The minimum Gasteiger partial charge on any atom is -0.478 e. The van der Waals surface area contributed by atoms with Gasteiger partial charge in [0.25, 0.3) is 0 Å². The van der Waals surface area contributed by atoms with Crippen LogP contribution < -0.4 is 10.6 Å². The number of hydrogen-bond acceptors (Lipinski definition) is 3. The number of benzene rings is 1. The number of carboxylic acids is 1. The summed E-state index contributed by atoms with van der Waals surface area (Å²) in [6, 6.07) is 4.45. The number of hydrogen-bond donors (Lipinski definition) is 3. The number of aromatic carboxylic acids is 1. The maximum Gasteiger partial charge on any atom is 0.337 e. The Hall–Kier alpha value is -1.59. The number of carbonyl (C=O) groups excluding carboxylic acids is 1. The third kappa shape index (κ3) is 3.11. The molecule has 1 fully saturated rings. The van der Waals surface area contributed by atoms with Gasteiger partial charge in [-0.2, -0.15) is 0 Å². The normalized spacial score (nSPS) is 22.3. The molecule has 2 rings (SSSR count). The second kappa shape index (κ2) is 5.81. The van der Waals surface area contributed by atoms with Gasteiger partial charge in [-0.05, 0) is 44.5 Å². The van der Waals surface area contributed by atoms with Gasteiger partial charge in [-0.15, -0.1) is 0 Å². The lowest BCUT2D eigenvalue weighted by Crippen LogP contribution is -2.46. The summed E-state index contributed by atoms with van der Waals surface area (Å²) in [6.07, 6.45) is 1.76. The SMILES string of the molecule is CC1(C(=O)Nc2ccc(Cl)c(C(=O)O)c2)CCCNC1. The van der Waals surface area contributed by atoms with Crippen LogP contribution in [0.1, 0.15) is 30.1 Å². The van der Waals surface area contributed by atoms with Crippen molar-refractivity contribution in [3.05, 3.63) is 28.8 Å². The highest BCUT2D eigenvalue weighted by Crippen LogP contribution is 2.28. The van der Waals surface area contributed by atoms with Crippen molar-refractivity contribution < 1.29 is 14.7 Å². The topological polar surface area (TPSA) is 78.4 Å². The maximum absolute atomic E-state index is 12.3. The quantitative estimate of drug-likeness (QED) is 0.800. The van der Waals surface area contributed by atoms with Gasteiger partial charge in [0.05, 0.1) is 16.0 Å². The Morgan fingerprint density at radius 2 is 2.20 bits per heavy atom. The molecule has 1 aliphatic heterocycles. The molecule has 6 heteroatoms. The van der Waals surface area contributed by atoms with E-state index in [-0.39, 0.29) is 16.5 Å². The van der Waals surface area contributed by atoms with Crippen LogP contribution in [-0.4, -0.2) is 30.1 Å². The molecule has 0 spiro atoms. The Labute approximate surface area is 122 Å². The summed E-state index contributed by atoms with van der Waals surface area (Å²) >= 11 is 5.80. The molecule has 1 aliphatic rings. The Bertz CT molecular complexity index is 539. The Balaban J connectivity index is 2.15. The van der Waals surface area contributed by atoms with E-state index in [0.717, 1.165) is 19.4 Å². The van der Waals surface area contributed by atoms with Crippen molar-refractivity contribution >= 4 is 29.2 Å². The van der Waals surface area contributed by atoms with Crippen molar-refractivity contribution in [1.82, 2.24) is 5.32 Å². The molecular formula is C14H17ClN2O3. The van der Waals surface area contributed by atoms with Crippen LogP contribution in [0.15, 0.2) is 18.2 Å². The summed E-state index contributed by atoms with van der Waals surface area (Å²) in [5, 5.41) is 15.1. The van der Waals surface area contributed by atoms with E-state index in [1.807, 2.05) is 6.92 Å². The van der Waals surface area contributed by atoms with Gasteiger partial charge in [-0.1, -0.05) is 11.6 Å². The number of piperidine rings is 1. The van der Waals surface area contributed by atoms with Crippen LogP contribution >= 0.6 is 11.6 Å². The minimum atomic E-state index is -1.11. The molecule has 5 nitrogen and oxygen atoms in total. The Morgan fingerprint density at radius 1 is 1.45 bits per heavy atom. The number of anilines is 1. The first-order valence-electron chi connectivity index (χ1n) is 6.47. The maximum atomic E-state index is 12.3. The van der Waals surface area contributed by atoms with Crippen LogP contribution in [0, 0.1) is 5.41 Å². The minimum absolute atomic E-state index is 0.0172. The second-order valence-electron chi connectivity index (χ2n) is 5.29. The second-order valence-corrected chi connectivity index (χ2v) is 5.70. The highest BCUT2D eigenvalue weighted by molar-refractivity contribution is 6.33. The molecule has 1 heterocycles. The summed E-state index contributed by atoms with van der Waals surface area (Å²) in [6.45, 7) is 3.45. The zero-order chi connectivity index (χ0) is 14.8. The molecule has 1 saturated heterocycles. The number of halogens is 1. The Kier molecular flexibility index (Phi) is 4.30. The fourth-order valence-electron chi connectivity index (χ4n) is 2.30. The average molecular weight is 297 g/mol. The lowest BCUT2D eigenvalue weighted by molar-refractivity contribution is -0.125. The summed E-state index contributed by atoms with van der Waals surface area (Å²) in [5.74, 6) is -1.22. The van der Waals surface area contributed by atoms with Gasteiger partial charge in [0, 0.05) is 12.2 Å². The van der Waals surface area contributed by atoms with Gasteiger partial charge in [0.1, 0.15) is 0 Å². The molecule has 20 heavy (non-hydrogen) atoms. The van der Waals surface area contributed by atoms with E-state index >= 15 is 0 Å². The molecule has 0 bridgehead atoms. The van der Waals surface area contributed by atoms with Gasteiger partial charge in [-0.25, -0.2) is 4.79 Å². The summed E-state index contributed by atoms with van der Waals surface area (Å²) in [7, 11) is 0.